The first-order valence-corrected chi connectivity index (χ1v) is 12.8. The molecule has 0 spiro atoms. The second-order valence-corrected chi connectivity index (χ2v) is 11.0. The zero-order valence-corrected chi connectivity index (χ0v) is 19.5. The third-order valence-corrected chi connectivity index (χ3v) is 7.81. The van der Waals surface area contributed by atoms with E-state index in [0.717, 1.165) is 16.8 Å². The summed E-state index contributed by atoms with van der Waals surface area (Å²) < 4.78 is 19.4. The average molecular weight is 475 g/mol. The van der Waals surface area contributed by atoms with Gasteiger partial charge in [0.1, 0.15) is 0 Å². The van der Waals surface area contributed by atoms with Gasteiger partial charge in [0.2, 0.25) is 0 Å². The summed E-state index contributed by atoms with van der Waals surface area (Å²) in [6.07, 6.45) is 0.990. The first-order chi connectivity index (χ1) is 15.6. The number of carbonyl (C=O) groups is 2. The fourth-order valence-corrected chi connectivity index (χ4v) is 5.60. The number of amides is 2. The number of carbonyl (C=O) groups excluding carboxylic acids is 2. The minimum absolute atomic E-state index is 0.0852. The van der Waals surface area contributed by atoms with Crippen LogP contribution in [-0.4, -0.2) is 79.7 Å². The Bertz CT molecular complexity index is 1100. The molecule has 2 aromatic rings. The normalized spacial score (nSPS) is 20.9. The van der Waals surface area contributed by atoms with Crippen LogP contribution in [0.1, 0.15) is 32.9 Å². The molecule has 178 valence electrons. The minimum atomic E-state index is -2.48. The highest BCUT2D eigenvalue weighted by Gasteiger charge is 2.26. The van der Waals surface area contributed by atoms with Gasteiger partial charge in [-0.25, -0.2) is 0 Å². The molecule has 1 aromatic carbocycles. The molecule has 0 bridgehead atoms. The molecule has 0 radical (unpaired) electrons. The highest BCUT2D eigenvalue weighted by molar-refractivity contribution is 8.24. The molecule has 1 atom stereocenters. The zero-order chi connectivity index (χ0) is 23.8. The number of anilines is 1. The molecule has 2 amide bonds. The summed E-state index contributed by atoms with van der Waals surface area (Å²) >= 11 is 0. The molecule has 10 heteroatoms. The smallest absolute Gasteiger partial charge is 0.256 e. The molecule has 3 heterocycles. The maximum absolute atomic E-state index is 12.9. The number of aromatic amines is 1. The molecule has 0 saturated carbocycles. The number of hydrogen-bond donors (Lipinski definition) is 6. The van der Waals surface area contributed by atoms with Crippen molar-refractivity contribution in [3.05, 3.63) is 52.3 Å². The number of aliphatic hydroxyl groups excluding tert-OH is 1. The van der Waals surface area contributed by atoms with Gasteiger partial charge in [-0.2, -0.15) is 10.6 Å². The van der Waals surface area contributed by atoms with Crippen molar-refractivity contribution >= 4 is 39.7 Å². The number of nitrogens with zero attached hydrogens (tertiary/aromatic N) is 1. The molecular formula is C23H30N4O5S. The predicted molar refractivity (Wildman–Crippen MR) is 131 cm³/mol. The average Bonchev–Trinajstić information content (AvgIpc) is 3.23. The number of β-amino-alcohol motifs (C(OH)–C–C–N with tert-alkyl or cyclic N) is 1. The van der Waals surface area contributed by atoms with E-state index in [-0.39, 0.29) is 18.4 Å². The first-order valence-electron chi connectivity index (χ1n) is 10.9. The van der Waals surface area contributed by atoms with E-state index in [0.29, 0.717) is 53.7 Å². The van der Waals surface area contributed by atoms with E-state index in [4.69, 9.17) is 0 Å². The monoisotopic (exact) mass is 474 g/mol. The summed E-state index contributed by atoms with van der Waals surface area (Å²) in [5, 5.41) is 16.0. The second kappa shape index (κ2) is 9.32. The van der Waals surface area contributed by atoms with Crippen molar-refractivity contribution in [2.45, 2.75) is 20.0 Å². The number of benzene rings is 1. The van der Waals surface area contributed by atoms with Gasteiger partial charge in [-0.15, -0.1) is 0 Å². The van der Waals surface area contributed by atoms with Crippen LogP contribution in [0.5, 0.6) is 0 Å². The second-order valence-electron chi connectivity index (χ2n) is 8.60. The molecule has 2 aliphatic heterocycles. The SMILES string of the molecule is Cc1[nH]c(C=C2C(=O)Nc3ccccc32)c(C)c1C(=O)NCC(O)CN1CCS(O)(O)CC1. The Hall–Kier alpha value is -2.63. The van der Waals surface area contributed by atoms with E-state index in [2.05, 4.69) is 15.6 Å². The molecule has 4 rings (SSSR count). The number of fused-ring (bicyclic) bond motifs is 1. The molecule has 33 heavy (non-hydrogen) atoms. The Morgan fingerprint density at radius 1 is 1.24 bits per heavy atom. The van der Waals surface area contributed by atoms with Crippen LogP contribution < -0.4 is 10.6 Å². The summed E-state index contributed by atoms with van der Waals surface area (Å²) in [5.74, 6) is 0.147. The number of aromatic nitrogens is 1. The van der Waals surface area contributed by atoms with Crippen LogP contribution in [0.3, 0.4) is 0 Å². The number of aliphatic hydroxyl groups is 1. The third-order valence-electron chi connectivity index (χ3n) is 6.14. The Labute approximate surface area is 194 Å². The molecule has 9 nitrogen and oxygen atoms in total. The maximum atomic E-state index is 12.9. The van der Waals surface area contributed by atoms with E-state index >= 15 is 0 Å². The quantitative estimate of drug-likeness (QED) is 0.355. The predicted octanol–water partition coefficient (Wildman–Crippen LogP) is 2.28. The van der Waals surface area contributed by atoms with E-state index in [9.17, 15) is 23.8 Å². The summed E-state index contributed by atoms with van der Waals surface area (Å²) in [6.45, 7) is 5.09. The van der Waals surface area contributed by atoms with Crippen molar-refractivity contribution in [3.63, 3.8) is 0 Å². The van der Waals surface area contributed by atoms with Crippen LogP contribution in [0.15, 0.2) is 24.3 Å². The Balaban J connectivity index is 1.41. The van der Waals surface area contributed by atoms with E-state index in [1.54, 1.807) is 13.0 Å². The standard InChI is InChI=1S/C23H30N4O5S/c1-14-20(11-18-17-5-3-4-6-19(17)26-22(18)29)25-15(2)21(14)23(30)24-12-16(28)13-27-7-9-33(31,32)10-8-27/h3-6,11,16,25,28,31-32H,7-10,12-13H2,1-2H3,(H,24,30)(H,26,29). The fourth-order valence-electron chi connectivity index (χ4n) is 4.29. The fraction of sp³-hybridized carbons (Fsp3) is 0.391. The molecule has 2 aliphatic rings. The Morgan fingerprint density at radius 2 is 1.94 bits per heavy atom. The van der Waals surface area contributed by atoms with Gasteiger partial charge < -0.3 is 20.7 Å². The lowest BCUT2D eigenvalue weighted by Gasteiger charge is -2.41. The van der Waals surface area contributed by atoms with Crippen LogP contribution in [0, 0.1) is 13.8 Å². The van der Waals surface area contributed by atoms with Crippen LogP contribution >= 0.6 is 10.6 Å². The van der Waals surface area contributed by atoms with Gasteiger partial charge in [0.05, 0.1) is 28.7 Å². The lowest BCUT2D eigenvalue weighted by Crippen LogP contribution is -2.45. The number of H-pyrrole nitrogens is 1. The Kier molecular flexibility index (Phi) is 6.64. The van der Waals surface area contributed by atoms with Crippen LogP contribution in [0.25, 0.3) is 11.6 Å². The van der Waals surface area contributed by atoms with Crippen molar-refractivity contribution in [1.29, 1.82) is 0 Å². The van der Waals surface area contributed by atoms with Gasteiger partial charge >= 0.3 is 0 Å². The Morgan fingerprint density at radius 3 is 2.67 bits per heavy atom. The molecule has 0 aliphatic carbocycles. The third kappa shape index (κ3) is 5.15. The topological polar surface area (TPSA) is 138 Å². The largest absolute Gasteiger partial charge is 0.390 e. The zero-order valence-electron chi connectivity index (χ0n) is 18.7. The summed E-state index contributed by atoms with van der Waals surface area (Å²) in [5.41, 5.74) is 4.71. The highest BCUT2D eigenvalue weighted by Crippen LogP contribution is 2.40. The number of para-hydroxylation sites is 1. The van der Waals surface area contributed by atoms with Gasteiger partial charge in [0.25, 0.3) is 11.8 Å². The van der Waals surface area contributed by atoms with Crippen molar-refractivity contribution in [1.82, 2.24) is 15.2 Å². The van der Waals surface area contributed by atoms with Gasteiger partial charge in [-0.05, 0) is 31.6 Å². The number of aryl methyl sites for hydroxylation is 1. The maximum Gasteiger partial charge on any atom is 0.256 e. The summed E-state index contributed by atoms with van der Waals surface area (Å²) in [6, 6.07) is 7.46. The summed E-state index contributed by atoms with van der Waals surface area (Å²) in [4.78, 5) is 30.4. The van der Waals surface area contributed by atoms with Gasteiger partial charge in [-0.3, -0.25) is 23.6 Å². The van der Waals surface area contributed by atoms with E-state index in [1.165, 1.54) is 0 Å². The van der Waals surface area contributed by atoms with Crippen molar-refractivity contribution in [2.75, 3.05) is 43.0 Å². The van der Waals surface area contributed by atoms with Crippen molar-refractivity contribution in [2.24, 2.45) is 0 Å². The van der Waals surface area contributed by atoms with Crippen LogP contribution in [-0.2, 0) is 4.79 Å². The molecular weight excluding hydrogens is 444 g/mol. The van der Waals surface area contributed by atoms with Crippen LogP contribution in [0.2, 0.25) is 0 Å². The molecule has 1 fully saturated rings. The van der Waals surface area contributed by atoms with Gasteiger partial charge in [0.15, 0.2) is 0 Å². The number of nitrogens with one attached hydrogen (secondary N) is 3. The number of hydrogen-bond acceptors (Lipinski definition) is 6. The van der Waals surface area contributed by atoms with Gasteiger partial charge in [0, 0.05) is 48.8 Å². The first kappa shape index (κ1) is 23.5. The minimum Gasteiger partial charge on any atom is -0.390 e. The van der Waals surface area contributed by atoms with Crippen LogP contribution in [0.4, 0.5) is 5.69 Å². The molecule has 6 N–H and O–H groups in total. The van der Waals surface area contributed by atoms with Crippen molar-refractivity contribution < 1.29 is 23.8 Å². The van der Waals surface area contributed by atoms with E-state index in [1.807, 2.05) is 36.1 Å². The highest BCUT2D eigenvalue weighted by atomic mass is 32.3. The molecule has 1 aromatic heterocycles. The van der Waals surface area contributed by atoms with Crippen molar-refractivity contribution in [3.8, 4) is 0 Å². The lowest BCUT2D eigenvalue weighted by atomic mass is 10.0. The molecule has 1 saturated heterocycles. The lowest BCUT2D eigenvalue weighted by molar-refractivity contribution is -0.110. The van der Waals surface area contributed by atoms with Gasteiger partial charge in [-0.1, -0.05) is 18.2 Å². The molecule has 1 unspecified atom stereocenters. The number of rotatable bonds is 6. The van der Waals surface area contributed by atoms with E-state index < -0.39 is 16.7 Å². The summed E-state index contributed by atoms with van der Waals surface area (Å²) in [7, 11) is -2.48.